The van der Waals surface area contributed by atoms with Gasteiger partial charge in [0.15, 0.2) is 5.13 Å². The highest BCUT2D eigenvalue weighted by Gasteiger charge is 2.29. The second-order valence-electron chi connectivity index (χ2n) is 5.69. The third-order valence-electron chi connectivity index (χ3n) is 3.94. The van der Waals surface area contributed by atoms with E-state index in [2.05, 4.69) is 15.5 Å². The van der Waals surface area contributed by atoms with Gasteiger partial charge < -0.3 is 9.57 Å². The molecule has 1 aliphatic rings. The smallest absolute Gasteiger partial charge is 0.270 e. The molecule has 132 valence electrons. The van der Waals surface area contributed by atoms with Gasteiger partial charge in [-0.1, -0.05) is 28.6 Å². The Hall–Kier alpha value is -3.00. The molecular formula is C18H14FN3O3S. The molecule has 0 saturated heterocycles. The number of aromatic nitrogens is 1. The number of fused-ring (bicyclic) bond motifs is 1. The molecule has 0 spiro atoms. The first kappa shape index (κ1) is 16.5. The van der Waals surface area contributed by atoms with Crippen LogP contribution in [0.5, 0.6) is 5.75 Å². The molecule has 26 heavy (non-hydrogen) atoms. The maximum atomic E-state index is 13.3. The Labute approximate surface area is 152 Å². The van der Waals surface area contributed by atoms with Gasteiger partial charge in [0.25, 0.3) is 5.91 Å². The number of hydrogen-bond donors (Lipinski definition) is 1. The minimum absolute atomic E-state index is 0.272. The number of amides is 1. The first-order chi connectivity index (χ1) is 12.6. The quantitative estimate of drug-likeness (QED) is 0.761. The first-order valence-electron chi connectivity index (χ1n) is 7.86. The van der Waals surface area contributed by atoms with E-state index in [4.69, 9.17) is 9.57 Å². The molecule has 0 saturated carbocycles. The summed E-state index contributed by atoms with van der Waals surface area (Å²) < 4.78 is 19.4. The van der Waals surface area contributed by atoms with E-state index in [1.54, 1.807) is 19.2 Å². The average Bonchev–Trinajstić information content (AvgIpc) is 3.27. The van der Waals surface area contributed by atoms with Gasteiger partial charge in [0.1, 0.15) is 11.6 Å². The van der Waals surface area contributed by atoms with Crippen molar-refractivity contribution in [3.63, 3.8) is 0 Å². The zero-order valence-corrected chi connectivity index (χ0v) is 14.5. The molecule has 1 N–H and O–H groups in total. The Morgan fingerprint density at radius 1 is 1.35 bits per heavy atom. The van der Waals surface area contributed by atoms with E-state index >= 15 is 0 Å². The summed E-state index contributed by atoms with van der Waals surface area (Å²) in [5.41, 5.74) is 1.92. The van der Waals surface area contributed by atoms with E-state index < -0.39 is 6.10 Å². The van der Waals surface area contributed by atoms with Crippen molar-refractivity contribution in [3.8, 4) is 5.75 Å². The lowest BCUT2D eigenvalue weighted by Gasteiger charge is -2.06. The number of nitrogens with one attached hydrogen (secondary N) is 1. The van der Waals surface area contributed by atoms with Crippen molar-refractivity contribution in [3.05, 3.63) is 53.8 Å². The van der Waals surface area contributed by atoms with Gasteiger partial charge in [-0.3, -0.25) is 10.1 Å². The van der Waals surface area contributed by atoms with Crippen LogP contribution in [-0.4, -0.2) is 29.8 Å². The Bertz CT molecular complexity index is 1020. The van der Waals surface area contributed by atoms with Crippen LogP contribution in [0.4, 0.5) is 9.52 Å². The van der Waals surface area contributed by atoms with Crippen molar-refractivity contribution < 1.29 is 18.8 Å². The number of ether oxygens (including phenoxy) is 1. The molecule has 1 aliphatic heterocycles. The largest absolute Gasteiger partial charge is 0.497 e. The van der Waals surface area contributed by atoms with Crippen LogP contribution in [0.2, 0.25) is 0 Å². The number of carbonyl (C=O) groups is 1. The van der Waals surface area contributed by atoms with E-state index in [9.17, 15) is 9.18 Å². The number of methoxy groups -OCH3 is 1. The van der Waals surface area contributed by atoms with Gasteiger partial charge in [0.2, 0.25) is 6.10 Å². The summed E-state index contributed by atoms with van der Waals surface area (Å²) in [6, 6.07) is 11.5. The van der Waals surface area contributed by atoms with Crippen LogP contribution in [-0.2, 0) is 9.63 Å². The monoisotopic (exact) mass is 371 g/mol. The number of anilines is 1. The molecular weight excluding hydrogens is 357 g/mol. The molecule has 3 aromatic rings. The minimum atomic E-state index is -0.769. The Kier molecular flexibility index (Phi) is 4.26. The van der Waals surface area contributed by atoms with Crippen molar-refractivity contribution in [1.29, 1.82) is 0 Å². The van der Waals surface area contributed by atoms with Crippen LogP contribution in [0.25, 0.3) is 10.2 Å². The number of hydrogen-bond acceptors (Lipinski definition) is 6. The maximum absolute atomic E-state index is 13.3. The van der Waals surface area contributed by atoms with Crippen LogP contribution < -0.4 is 10.1 Å². The Morgan fingerprint density at radius 3 is 3.04 bits per heavy atom. The van der Waals surface area contributed by atoms with Crippen LogP contribution in [0, 0.1) is 5.82 Å². The molecule has 0 aliphatic carbocycles. The van der Waals surface area contributed by atoms with E-state index in [1.165, 1.54) is 23.5 Å². The number of carbonyl (C=O) groups excluding carboxylic acids is 1. The number of thiazole rings is 1. The molecule has 6 nitrogen and oxygen atoms in total. The summed E-state index contributed by atoms with van der Waals surface area (Å²) in [7, 11) is 1.60. The predicted octanol–water partition coefficient (Wildman–Crippen LogP) is 3.58. The molecule has 0 fully saturated rings. The van der Waals surface area contributed by atoms with Gasteiger partial charge in [0.05, 0.1) is 23.0 Å². The summed E-state index contributed by atoms with van der Waals surface area (Å²) in [5.74, 6) is 0.0282. The molecule has 1 atom stereocenters. The second kappa shape index (κ2) is 6.72. The molecule has 1 amide bonds. The number of rotatable bonds is 4. The molecule has 4 rings (SSSR count). The van der Waals surface area contributed by atoms with Crippen LogP contribution in [0.3, 0.4) is 0 Å². The maximum Gasteiger partial charge on any atom is 0.270 e. The number of oxime groups is 1. The highest BCUT2D eigenvalue weighted by Crippen LogP contribution is 2.29. The number of benzene rings is 2. The lowest BCUT2D eigenvalue weighted by atomic mass is 10.0. The van der Waals surface area contributed by atoms with Crippen molar-refractivity contribution in [2.24, 2.45) is 5.16 Å². The molecule has 1 unspecified atom stereocenters. The molecule has 8 heteroatoms. The molecule has 0 radical (unpaired) electrons. The predicted molar refractivity (Wildman–Crippen MR) is 97.2 cm³/mol. The van der Waals surface area contributed by atoms with Gasteiger partial charge >= 0.3 is 0 Å². The highest BCUT2D eigenvalue weighted by atomic mass is 32.1. The van der Waals surface area contributed by atoms with Crippen molar-refractivity contribution in [1.82, 2.24) is 4.98 Å². The number of halogens is 1. The molecule has 2 heterocycles. The average molecular weight is 371 g/mol. The summed E-state index contributed by atoms with van der Waals surface area (Å²) >= 11 is 1.35. The third kappa shape index (κ3) is 3.23. The molecule has 1 aromatic heterocycles. The second-order valence-corrected chi connectivity index (χ2v) is 6.72. The van der Waals surface area contributed by atoms with E-state index in [0.717, 1.165) is 16.0 Å². The van der Waals surface area contributed by atoms with Gasteiger partial charge in [-0.15, -0.1) is 0 Å². The zero-order chi connectivity index (χ0) is 18.1. The van der Waals surface area contributed by atoms with Gasteiger partial charge in [-0.25, -0.2) is 9.37 Å². The lowest BCUT2D eigenvalue weighted by Crippen LogP contribution is -2.27. The van der Waals surface area contributed by atoms with E-state index in [-0.39, 0.29) is 18.1 Å². The van der Waals surface area contributed by atoms with Crippen molar-refractivity contribution in [2.75, 3.05) is 12.4 Å². The Morgan fingerprint density at radius 2 is 2.23 bits per heavy atom. The molecule has 0 bridgehead atoms. The zero-order valence-electron chi connectivity index (χ0n) is 13.7. The van der Waals surface area contributed by atoms with Gasteiger partial charge in [-0.2, -0.15) is 0 Å². The summed E-state index contributed by atoms with van der Waals surface area (Å²) in [4.78, 5) is 22.0. The third-order valence-corrected chi connectivity index (χ3v) is 4.88. The minimum Gasteiger partial charge on any atom is -0.497 e. The lowest BCUT2D eigenvalue weighted by molar-refractivity contribution is -0.125. The van der Waals surface area contributed by atoms with Crippen LogP contribution in [0.15, 0.2) is 47.6 Å². The van der Waals surface area contributed by atoms with Crippen molar-refractivity contribution >= 4 is 38.3 Å². The first-order valence-corrected chi connectivity index (χ1v) is 8.68. The highest BCUT2D eigenvalue weighted by molar-refractivity contribution is 7.22. The van der Waals surface area contributed by atoms with Crippen molar-refractivity contribution in [2.45, 2.75) is 12.5 Å². The van der Waals surface area contributed by atoms with E-state index in [0.29, 0.717) is 16.4 Å². The topological polar surface area (TPSA) is 72.8 Å². The molecule has 2 aromatic carbocycles. The summed E-state index contributed by atoms with van der Waals surface area (Å²) in [6.45, 7) is 0. The standard InChI is InChI=1S/C18H14FN3O3S/c1-24-12-5-6-13-16(8-12)26-18(20-13)21-17(23)15-9-14(22-25-15)10-3-2-4-11(19)7-10/h2-8,15H,9H2,1H3,(H,20,21,23). The van der Waals surface area contributed by atoms with Gasteiger partial charge in [-0.05, 0) is 30.3 Å². The fourth-order valence-corrected chi connectivity index (χ4v) is 3.53. The fraction of sp³-hybridized carbons (Fsp3) is 0.167. The number of nitrogens with zero attached hydrogens (tertiary/aromatic N) is 2. The summed E-state index contributed by atoms with van der Waals surface area (Å²) in [5, 5.41) is 7.13. The Balaban J connectivity index is 1.44. The fourth-order valence-electron chi connectivity index (χ4n) is 2.63. The van der Waals surface area contributed by atoms with E-state index in [1.807, 2.05) is 18.2 Å². The van der Waals surface area contributed by atoms with Crippen LogP contribution >= 0.6 is 11.3 Å². The summed E-state index contributed by atoms with van der Waals surface area (Å²) in [6.07, 6.45) is -0.497. The SMILES string of the molecule is COc1ccc2nc(NC(=O)C3CC(c4cccc(F)c4)=NO3)sc2c1. The van der Waals surface area contributed by atoms with Gasteiger partial charge in [0, 0.05) is 12.0 Å². The normalized spacial score (nSPS) is 16.2. The van der Waals surface area contributed by atoms with Crippen LogP contribution in [0.1, 0.15) is 12.0 Å².